The minimum Gasteiger partial charge on any atom is -0.378 e. The van der Waals surface area contributed by atoms with E-state index in [4.69, 9.17) is 4.74 Å². The zero-order chi connectivity index (χ0) is 12.8. The fourth-order valence-electron chi connectivity index (χ4n) is 2.05. The molecule has 1 saturated carbocycles. The number of carbonyl (C=O) groups excluding carboxylic acids is 1. The molecule has 0 unspecified atom stereocenters. The van der Waals surface area contributed by atoms with Crippen molar-refractivity contribution in [3.05, 3.63) is 0 Å². The highest BCUT2D eigenvalue weighted by atomic mass is 32.2. The van der Waals surface area contributed by atoms with Crippen molar-refractivity contribution >= 4 is 15.7 Å². The van der Waals surface area contributed by atoms with Crippen molar-refractivity contribution in [3.63, 3.8) is 0 Å². The second-order valence-corrected chi connectivity index (χ2v) is 8.10. The third-order valence-electron chi connectivity index (χ3n) is 3.66. The fourth-order valence-corrected chi connectivity index (χ4v) is 4.01. The van der Waals surface area contributed by atoms with Crippen molar-refractivity contribution in [2.45, 2.75) is 42.8 Å². The number of amides is 1. The van der Waals surface area contributed by atoms with E-state index in [-0.39, 0.29) is 17.3 Å². The molecular weight excluding hydrogens is 242 g/mol. The third-order valence-corrected chi connectivity index (χ3v) is 6.60. The number of hydrogen-bond acceptors (Lipinski definition) is 4. The molecule has 5 nitrogen and oxygen atoms in total. The number of ether oxygens (including phenoxy) is 1. The van der Waals surface area contributed by atoms with Gasteiger partial charge < -0.3 is 9.64 Å². The Morgan fingerprint density at radius 3 is 2.24 bits per heavy atom. The zero-order valence-electron chi connectivity index (χ0n) is 10.5. The minimum atomic E-state index is -3.34. The predicted molar refractivity (Wildman–Crippen MR) is 63.4 cm³/mol. The Balaban J connectivity index is 2.08. The van der Waals surface area contributed by atoms with Crippen LogP contribution in [0.25, 0.3) is 0 Å². The van der Waals surface area contributed by atoms with Gasteiger partial charge in [-0.2, -0.15) is 0 Å². The number of sulfone groups is 1. The average molecular weight is 261 g/mol. The standard InChI is InChI=1S/C11H19NO4S/c1-11(2,17(14,15)9-4-5-9)10(13)12-6-8(7-12)16-3/h8-9H,4-7H2,1-3H3. The SMILES string of the molecule is COC1CN(C(=O)C(C)(C)S(=O)(=O)C2CC2)C1. The summed E-state index contributed by atoms with van der Waals surface area (Å²) in [6, 6.07) is 0. The molecule has 98 valence electrons. The first-order valence-electron chi connectivity index (χ1n) is 5.86. The highest BCUT2D eigenvalue weighted by molar-refractivity contribution is 7.94. The van der Waals surface area contributed by atoms with Crippen LogP contribution >= 0.6 is 0 Å². The van der Waals surface area contributed by atoms with E-state index < -0.39 is 14.6 Å². The van der Waals surface area contributed by atoms with E-state index in [2.05, 4.69) is 0 Å². The summed E-state index contributed by atoms with van der Waals surface area (Å²) in [5, 5.41) is -0.305. The van der Waals surface area contributed by atoms with Crippen molar-refractivity contribution in [2.24, 2.45) is 0 Å². The Morgan fingerprint density at radius 2 is 1.82 bits per heavy atom. The van der Waals surface area contributed by atoms with Gasteiger partial charge in [0.2, 0.25) is 5.91 Å². The van der Waals surface area contributed by atoms with Crippen LogP contribution in [0.15, 0.2) is 0 Å². The van der Waals surface area contributed by atoms with Crippen LogP contribution in [0, 0.1) is 0 Å². The maximum atomic E-state index is 12.2. The molecule has 1 aliphatic heterocycles. The van der Waals surface area contributed by atoms with E-state index in [1.165, 1.54) is 13.8 Å². The molecule has 1 heterocycles. The molecule has 0 atom stereocenters. The van der Waals surface area contributed by atoms with Crippen LogP contribution in [-0.2, 0) is 19.4 Å². The fraction of sp³-hybridized carbons (Fsp3) is 0.909. The molecule has 1 aliphatic carbocycles. The minimum absolute atomic E-state index is 0.0541. The van der Waals surface area contributed by atoms with Gasteiger partial charge in [0.1, 0.15) is 4.75 Å². The van der Waals surface area contributed by atoms with Gasteiger partial charge in [-0.25, -0.2) is 8.42 Å². The first-order valence-corrected chi connectivity index (χ1v) is 7.41. The lowest BCUT2D eigenvalue weighted by molar-refractivity contribution is -0.145. The topological polar surface area (TPSA) is 63.7 Å². The molecule has 0 N–H and O–H groups in total. The van der Waals surface area contributed by atoms with Crippen molar-refractivity contribution < 1.29 is 17.9 Å². The number of nitrogens with zero attached hydrogens (tertiary/aromatic N) is 1. The van der Waals surface area contributed by atoms with Gasteiger partial charge in [-0.05, 0) is 26.7 Å². The Morgan fingerprint density at radius 1 is 1.29 bits per heavy atom. The molecule has 0 bridgehead atoms. The lowest BCUT2D eigenvalue weighted by atomic mass is 10.1. The maximum Gasteiger partial charge on any atom is 0.243 e. The molecule has 0 aromatic carbocycles. The van der Waals surface area contributed by atoms with E-state index in [1.807, 2.05) is 0 Å². The third kappa shape index (κ3) is 1.97. The van der Waals surface area contributed by atoms with Gasteiger partial charge in [-0.1, -0.05) is 0 Å². The van der Waals surface area contributed by atoms with Gasteiger partial charge in [-0.15, -0.1) is 0 Å². The van der Waals surface area contributed by atoms with Crippen molar-refractivity contribution in [2.75, 3.05) is 20.2 Å². The largest absolute Gasteiger partial charge is 0.378 e. The molecule has 0 aromatic heterocycles. The summed E-state index contributed by atoms with van der Waals surface area (Å²) in [5.41, 5.74) is 0. The van der Waals surface area contributed by atoms with Gasteiger partial charge in [0.05, 0.1) is 11.4 Å². The first kappa shape index (κ1) is 12.8. The Bertz CT molecular complexity index is 419. The molecule has 1 amide bonds. The number of methoxy groups -OCH3 is 1. The van der Waals surface area contributed by atoms with Gasteiger partial charge in [0.15, 0.2) is 9.84 Å². The molecule has 2 rings (SSSR count). The van der Waals surface area contributed by atoms with Crippen LogP contribution in [0.3, 0.4) is 0 Å². The summed E-state index contributed by atoms with van der Waals surface area (Å²) in [6.45, 7) is 4.03. The molecule has 2 fully saturated rings. The molecule has 1 saturated heterocycles. The van der Waals surface area contributed by atoms with Crippen LogP contribution in [0.1, 0.15) is 26.7 Å². The van der Waals surface area contributed by atoms with E-state index in [0.717, 1.165) is 0 Å². The lowest BCUT2D eigenvalue weighted by Crippen LogP contribution is -2.61. The van der Waals surface area contributed by atoms with E-state index in [9.17, 15) is 13.2 Å². The van der Waals surface area contributed by atoms with Gasteiger partial charge in [0, 0.05) is 20.2 Å². The quantitative estimate of drug-likeness (QED) is 0.725. The van der Waals surface area contributed by atoms with Gasteiger partial charge >= 0.3 is 0 Å². The number of likely N-dealkylation sites (tertiary alicyclic amines) is 1. The smallest absolute Gasteiger partial charge is 0.243 e. The lowest BCUT2D eigenvalue weighted by Gasteiger charge is -2.41. The number of rotatable bonds is 4. The zero-order valence-corrected chi connectivity index (χ0v) is 11.3. The summed E-state index contributed by atoms with van der Waals surface area (Å²) >= 11 is 0. The number of hydrogen-bond donors (Lipinski definition) is 0. The number of carbonyl (C=O) groups is 1. The molecule has 6 heteroatoms. The molecular formula is C11H19NO4S. The average Bonchev–Trinajstić information content (AvgIpc) is 2.98. The van der Waals surface area contributed by atoms with Crippen LogP contribution < -0.4 is 0 Å². The van der Waals surface area contributed by atoms with Crippen LogP contribution in [0.4, 0.5) is 0 Å². The van der Waals surface area contributed by atoms with Gasteiger partial charge in [0.25, 0.3) is 0 Å². The summed E-state index contributed by atoms with van der Waals surface area (Å²) in [7, 11) is -1.75. The molecule has 0 radical (unpaired) electrons. The normalized spacial score (nSPS) is 22.4. The maximum absolute atomic E-state index is 12.2. The summed E-state index contributed by atoms with van der Waals surface area (Å²) in [6.07, 6.45) is 1.44. The highest BCUT2D eigenvalue weighted by Crippen LogP contribution is 2.37. The van der Waals surface area contributed by atoms with Crippen LogP contribution in [0.2, 0.25) is 0 Å². The summed E-state index contributed by atoms with van der Waals surface area (Å²) in [4.78, 5) is 13.7. The van der Waals surface area contributed by atoms with Crippen molar-refractivity contribution in [1.82, 2.24) is 4.90 Å². The first-order chi connectivity index (χ1) is 7.80. The summed E-state index contributed by atoms with van der Waals surface area (Å²) < 4.78 is 28.1. The second-order valence-electron chi connectivity index (χ2n) is 5.32. The van der Waals surface area contributed by atoms with E-state index in [1.54, 1.807) is 12.0 Å². The van der Waals surface area contributed by atoms with Gasteiger partial charge in [-0.3, -0.25) is 4.79 Å². The Hall–Kier alpha value is -0.620. The molecule has 17 heavy (non-hydrogen) atoms. The molecule has 2 aliphatic rings. The van der Waals surface area contributed by atoms with Crippen LogP contribution in [-0.4, -0.2) is 55.5 Å². The van der Waals surface area contributed by atoms with Crippen LogP contribution in [0.5, 0.6) is 0 Å². The van der Waals surface area contributed by atoms with Crippen molar-refractivity contribution in [1.29, 1.82) is 0 Å². The Labute approximate surface area is 102 Å². The second kappa shape index (κ2) is 3.95. The molecule has 0 spiro atoms. The summed E-state index contributed by atoms with van der Waals surface area (Å²) in [5.74, 6) is -0.294. The monoisotopic (exact) mass is 261 g/mol. The molecule has 0 aromatic rings. The Kier molecular flexibility index (Phi) is 2.98. The predicted octanol–water partition coefficient (Wildman–Crippen LogP) is 0.199. The highest BCUT2D eigenvalue weighted by Gasteiger charge is 2.53. The van der Waals surface area contributed by atoms with Crippen molar-refractivity contribution in [3.8, 4) is 0 Å². The van der Waals surface area contributed by atoms with E-state index >= 15 is 0 Å². The van der Waals surface area contributed by atoms with E-state index in [0.29, 0.717) is 25.9 Å².